The normalized spacial score (nSPS) is 18.6. The lowest BCUT2D eigenvalue weighted by atomic mass is 10.2. The van der Waals surface area contributed by atoms with Crippen molar-refractivity contribution >= 4 is 17.6 Å². The molecule has 0 aliphatic carbocycles. The van der Waals surface area contributed by atoms with Gasteiger partial charge in [0.15, 0.2) is 0 Å². The first-order valence-electron chi connectivity index (χ1n) is 7.12. The van der Waals surface area contributed by atoms with E-state index in [1.54, 1.807) is 0 Å². The van der Waals surface area contributed by atoms with E-state index in [1.165, 1.54) is 24.3 Å². The van der Waals surface area contributed by atoms with Gasteiger partial charge in [0, 0.05) is 37.6 Å². The van der Waals surface area contributed by atoms with Crippen molar-refractivity contribution in [1.82, 2.24) is 9.88 Å². The summed E-state index contributed by atoms with van der Waals surface area (Å²) in [6.45, 7) is 10.2. The lowest BCUT2D eigenvalue weighted by molar-refractivity contribution is 0.254. The van der Waals surface area contributed by atoms with E-state index in [9.17, 15) is 0 Å². The predicted octanol–water partition coefficient (Wildman–Crippen LogP) is 2.65. The van der Waals surface area contributed by atoms with E-state index in [4.69, 9.17) is 0 Å². The van der Waals surface area contributed by atoms with Crippen LogP contribution in [0.15, 0.2) is 18.3 Å². The number of thioether (sulfide) groups is 1. The smallest absolute Gasteiger partial charge is 0.131 e. The highest BCUT2D eigenvalue weighted by atomic mass is 32.2. The molecule has 0 unspecified atom stereocenters. The van der Waals surface area contributed by atoms with Gasteiger partial charge in [0.2, 0.25) is 0 Å². The van der Waals surface area contributed by atoms with Crippen molar-refractivity contribution in [3.05, 3.63) is 23.9 Å². The molecule has 106 valence electrons. The van der Waals surface area contributed by atoms with Crippen LogP contribution >= 0.6 is 11.8 Å². The summed E-state index contributed by atoms with van der Waals surface area (Å²) in [6, 6.07) is 4.16. The van der Waals surface area contributed by atoms with Crippen LogP contribution < -0.4 is 4.90 Å². The van der Waals surface area contributed by atoms with Gasteiger partial charge in [0.25, 0.3) is 0 Å². The summed E-state index contributed by atoms with van der Waals surface area (Å²) < 4.78 is 0. The summed E-state index contributed by atoms with van der Waals surface area (Å²) in [6.07, 6.45) is 5.39. The maximum Gasteiger partial charge on any atom is 0.131 e. The molecule has 2 rings (SSSR count). The highest BCUT2D eigenvalue weighted by molar-refractivity contribution is 7.99. The second-order valence-corrected chi connectivity index (χ2v) is 6.58. The van der Waals surface area contributed by atoms with Gasteiger partial charge in [-0.3, -0.25) is 4.90 Å². The van der Waals surface area contributed by atoms with Crippen molar-refractivity contribution in [2.75, 3.05) is 43.9 Å². The van der Waals surface area contributed by atoms with Crippen molar-refractivity contribution < 1.29 is 0 Å². The summed E-state index contributed by atoms with van der Waals surface area (Å²) in [5.74, 6) is 1.17. The zero-order valence-corrected chi connectivity index (χ0v) is 13.1. The topological polar surface area (TPSA) is 19.4 Å². The fourth-order valence-electron chi connectivity index (χ4n) is 2.47. The molecule has 0 radical (unpaired) electrons. The predicted molar refractivity (Wildman–Crippen MR) is 85.2 cm³/mol. The van der Waals surface area contributed by atoms with Gasteiger partial charge in [-0.15, -0.1) is 0 Å². The molecule has 1 aliphatic heterocycles. The van der Waals surface area contributed by atoms with Crippen LogP contribution in [0.25, 0.3) is 0 Å². The van der Waals surface area contributed by atoms with Crippen LogP contribution in [0.3, 0.4) is 0 Å². The van der Waals surface area contributed by atoms with Crippen LogP contribution in [0.2, 0.25) is 0 Å². The molecule has 4 heteroatoms. The number of rotatable bonds is 5. The second kappa shape index (κ2) is 7.15. The third kappa shape index (κ3) is 4.11. The molecule has 3 nitrogen and oxygen atoms in total. The molecule has 0 spiro atoms. The van der Waals surface area contributed by atoms with Crippen LogP contribution in [0.4, 0.5) is 5.82 Å². The SMILES string of the molecule is CS[C@@H](C)CCN1CCN(c2ncccc2C)CC1. The van der Waals surface area contributed by atoms with Crippen LogP contribution in [0.5, 0.6) is 0 Å². The number of nitrogens with zero attached hydrogens (tertiary/aromatic N) is 3. The molecule has 0 N–H and O–H groups in total. The Morgan fingerprint density at radius 2 is 2.05 bits per heavy atom. The highest BCUT2D eigenvalue weighted by Gasteiger charge is 2.19. The van der Waals surface area contributed by atoms with Gasteiger partial charge in [0.1, 0.15) is 5.82 Å². The minimum Gasteiger partial charge on any atom is -0.354 e. The van der Waals surface area contributed by atoms with E-state index in [1.807, 2.05) is 24.0 Å². The van der Waals surface area contributed by atoms with Gasteiger partial charge in [-0.25, -0.2) is 4.98 Å². The summed E-state index contributed by atoms with van der Waals surface area (Å²) in [5, 5.41) is 0.774. The summed E-state index contributed by atoms with van der Waals surface area (Å²) >= 11 is 1.97. The van der Waals surface area contributed by atoms with Gasteiger partial charge < -0.3 is 4.90 Å². The number of piperazine rings is 1. The standard InChI is InChI=1S/C15H25N3S/c1-13-5-4-7-16-15(13)18-11-9-17(10-12-18)8-6-14(2)19-3/h4-5,7,14H,6,8-12H2,1-3H3/t14-/m0/s1. The Labute approximate surface area is 121 Å². The largest absolute Gasteiger partial charge is 0.354 e. The van der Waals surface area contributed by atoms with Crippen molar-refractivity contribution in [2.45, 2.75) is 25.5 Å². The number of anilines is 1. The third-order valence-corrected chi connectivity index (χ3v) is 4.95. The molecule has 19 heavy (non-hydrogen) atoms. The lowest BCUT2D eigenvalue weighted by Crippen LogP contribution is -2.47. The molecule has 0 bridgehead atoms. The van der Waals surface area contributed by atoms with Crippen LogP contribution in [0.1, 0.15) is 18.9 Å². The first kappa shape index (κ1) is 14.7. The van der Waals surface area contributed by atoms with Crippen molar-refractivity contribution in [3.63, 3.8) is 0 Å². The minimum atomic E-state index is 0.774. The fourth-order valence-corrected chi connectivity index (χ4v) is 2.82. The third-order valence-electron chi connectivity index (χ3n) is 3.91. The van der Waals surface area contributed by atoms with E-state index in [2.05, 4.69) is 41.0 Å². The number of aryl methyl sites for hydroxylation is 1. The molecule has 1 aliphatic rings. The number of aromatic nitrogens is 1. The first-order valence-corrected chi connectivity index (χ1v) is 8.41. The molecule has 1 fully saturated rings. The van der Waals surface area contributed by atoms with Crippen molar-refractivity contribution in [2.24, 2.45) is 0 Å². The van der Waals surface area contributed by atoms with Crippen LogP contribution in [0, 0.1) is 6.92 Å². The average Bonchev–Trinajstić information content (AvgIpc) is 2.46. The number of hydrogen-bond donors (Lipinski definition) is 0. The summed E-state index contributed by atoms with van der Waals surface area (Å²) in [4.78, 5) is 9.52. The highest BCUT2D eigenvalue weighted by Crippen LogP contribution is 2.18. The molecular formula is C15H25N3S. The fraction of sp³-hybridized carbons (Fsp3) is 0.667. The monoisotopic (exact) mass is 279 g/mol. The molecule has 1 atom stereocenters. The molecular weight excluding hydrogens is 254 g/mol. The van der Waals surface area contributed by atoms with Gasteiger partial charge in [0.05, 0.1) is 0 Å². The Bertz CT molecular complexity index is 389. The number of pyridine rings is 1. The molecule has 1 aromatic rings. The summed E-state index contributed by atoms with van der Waals surface area (Å²) in [7, 11) is 0. The molecule has 1 aromatic heterocycles. The summed E-state index contributed by atoms with van der Waals surface area (Å²) in [5.41, 5.74) is 1.28. The van der Waals surface area contributed by atoms with E-state index in [-0.39, 0.29) is 0 Å². The maximum atomic E-state index is 4.52. The molecule has 0 saturated carbocycles. The molecule has 2 heterocycles. The van der Waals surface area contributed by atoms with Crippen LogP contribution in [-0.2, 0) is 0 Å². The second-order valence-electron chi connectivity index (χ2n) is 5.31. The minimum absolute atomic E-state index is 0.774. The van der Waals surface area contributed by atoms with Crippen molar-refractivity contribution in [1.29, 1.82) is 0 Å². The zero-order valence-electron chi connectivity index (χ0n) is 12.3. The molecule has 1 saturated heterocycles. The van der Waals surface area contributed by atoms with Gasteiger partial charge in [-0.2, -0.15) is 11.8 Å². The maximum absolute atomic E-state index is 4.52. The first-order chi connectivity index (χ1) is 9.20. The average molecular weight is 279 g/mol. The van der Waals surface area contributed by atoms with Gasteiger partial charge in [-0.1, -0.05) is 13.0 Å². The Morgan fingerprint density at radius 3 is 2.68 bits per heavy atom. The Balaban J connectivity index is 1.81. The Kier molecular flexibility index (Phi) is 5.52. The molecule has 0 amide bonds. The Morgan fingerprint density at radius 1 is 1.32 bits per heavy atom. The zero-order chi connectivity index (χ0) is 13.7. The lowest BCUT2D eigenvalue weighted by Gasteiger charge is -2.36. The van der Waals surface area contributed by atoms with Gasteiger partial charge in [-0.05, 0) is 37.8 Å². The van der Waals surface area contributed by atoms with Crippen molar-refractivity contribution in [3.8, 4) is 0 Å². The van der Waals surface area contributed by atoms with E-state index < -0.39 is 0 Å². The Hall–Kier alpha value is -0.740. The van der Waals surface area contributed by atoms with Crippen LogP contribution in [-0.4, -0.2) is 54.1 Å². The van der Waals surface area contributed by atoms with E-state index in [0.717, 1.165) is 31.4 Å². The van der Waals surface area contributed by atoms with E-state index in [0.29, 0.717) is 0 Å². The molecule has 0 aromatic carbocycles. The van der Waals surface area contributed by atoms with E-state index >= 15 is 0 Å². The van der Waals surface area contributed by atoms with Gasteiger partial charge >= 0.3 is 0 Å². The number of hydrogen-bond acceptors (Lipinski definition) is 4. The quantitative estimate of drug-likeness (QED) is 0.825.